The molecule has 1 fully saturated rings. The van der Waals surface area contributed by atoms with Crippen molar-refractivity contribution in [3.05, 3.63) is 33.2 Å². The summed E-state index contributed by atoms with van der Waals surface area (Å²) in [6, 6.07) is 1.93. The number of aromatic nitrogens is 1. The molecule has 3 nitrogen and oxygen atoms in total. The van der Waals surface area contributed by atoms with Gasteiger partial charge in [-0.05, 0) is 43.5 Å². The minimum Gasteiger partial charge on any atom is -0.325 e. The molecule has 1 aromatic heterocycles. The van der Waals surface area contributed by atoms with Crippen molar-refractivity contribution in [1.29, 1.82) is 0 Å². The van der Waals surface area contributed by atoms with Crippen LogP contribution < -0.4 is 10.9 Å². The zero-order valence-electron chi connectivity index (χ0n) is 11.0. The first-order valence-electron chi connectivity index (χ1n) is 6.69. The third-order valence-corrected chi connectivity index (χ3v) is 4.14. The van der Waals surface area contributed by atoms with Crippen LogP contribution in [0.5, 0.6) is 0 Å². The van der Waals surface area contributed by atoms with E-state index >= 15 is 0 Å². The lowest BCUT2D eigenvalue weighted by Crippen LogP contribution is -2.30. The zero-order valence-corrected chi connectivity index (χ0v) is 9.82. The predicted octanol–water partition coefficient (Wildman–Crippen LogP) is 1.59. The van der Waals surface area contributed by atoms with Gasteiger partial charge in [0.05, 0.1) is 0 Å². The molecule has 0 unspecified atom stereocenters. The van der Waals surface area contributed by atoms with Crippen molar-refractivity contribution in [2.24, 2.45) is 0 Å². The molecule has 0 atom stereocenters. The maximum Gasteiger partial charge on any atom is 0.251 e. The molecule has 3 heterocycles. The zero-order chi connectivity index (χ0) is 12.8. The molecule has 0 radical (unpaired) electrons. The monoisotopic (exact) mass is 238 g/mol. The smallest absolute Gasteiger partial charge is 0.251 e. The van der Waals surface area contributed by atoms with Crippen LogP contribution in [-0.4, -0.2) is 18.1 Å². The van der Waals surface area contributed by atoms with E-state index in [-0.39, 0.29) is 5.56 Å². The van der Waals surface area contributed by atoms with Crippen LogP contribution in [0.1, 0.15) is 38.3 Å². The summed E-state index contributed by atoms with van der Waals surface area (Å²) in [5, 5.41) is 3.29. The number of rotatable bonds is 1. The van der Waals surface area contributed by atoms with Crippen LogP contribution in [0.15, 0.2) is 10.9 Å². The SMILES string of the molecule is [2H]C1([2H])SCc2cc(C3CCNCC3)c(=O)[nH]c21. The minimum absolute atomic E-state index is 0.105. The van der Waals surface area contributed by atoms with Crippen LogP contribution >= 0.6 is 11.8 Å². The second kappa shape index (κ2) is 4.26. The lowest BCUT2D eigenvalue weighted by atomic mass is 9.90. The van der Waals surface area contributed by atoms with Gasteiger partial charge < -0.3 is 10.3 Å². The Labute approximate surface area is 102 Å². The molecule has 0 aromatic carbocycles. The van der Waals surface area contributed by atoms with E-state index in [2.05, 4.69) is 10.3 Å². The molecule has 0 saturated carbocycles. The van der Waals surface area contributed by atoms with Crippen molar-refractivity contribution in [2.75, 3.05) is 13.1 Å². The van der Waals surface area contributed by atoms with Gasteiger partial charge in [0.1, 0.15) is 0 Å². The number of piperidine rings is 1. The van der Waals surface area contributed by atoms with Crippen molar-refractivity contribution < 1.29 is 2.74 Å². The summed E-state index contributed by atoms with van der Waals surface area (Å²) >= 11 is 1.24. The molecule has 16 heavy (non-hydrogen) atoms. The summed E-state index contributed by atoms with van der Waals surface area (Å²) in [7, 11) is 0. The number of thioether (sulfide) groups is 1. The van der Waals surface area contributed by atoms with Crippen LogP contribution in [-0.2, 0) is 11.5 Å². The Morgan fingerprint density at radius 2 is 2.25 bits per heavy atom. The van der Waals surface area contributed by atoms with Gasteiger partial charge in [0.2, 0.25) is 0 Å². The van der Waals surface area contributed by atoms with E-state index < -0.39 is 5.70 Å². The number of nitrogens with one attached hydrogen (secondary N) is 2. The van der Waals surface area contributed by atoms with Gasteiger partial charge in [-0.25, -0.2) is 0 Å². The van der Waals surface area contributed by atoms with E-state index in [1.54, 1.807) is 0 Å². The van der Waals surface area contributed by atoms with Gasteiger partial charge in [0.25, 0.3) is 5.56 Å². The standard InChI is InChI=1S/C12H16N2OS/c15-12-10(8-1-3-13-4-2-8)5-9-6-16-7-11(9)14-12/h5,8,13H,1-4,6-7H2,(H,14,15)/i7D2. The molecule has 0 spiro atoms. The van der Waals surface area contributed by atoms with E-state index in [4.69, 9.17) is 2.74 Å². The molecule has 1 saturated heterocycles. The number of hydrogen-bond donors (Lipinski definition) is 2. The first-order chi connectivity index (χ1) is 8.58. The number of hydrogen-bond acceptors (Lipinski definition) is 3. The van der Waals surface area contributed by atoms with E-state index in [0.717, 1.165) is 37.1 Å². The highest BCUT2D eigenvalue weighted by molar-refractivity contribution is 7.98. The van der Waals surface area contributed by atoms with E-state index in [1.165, 1.54) is 11.8 Å². The molecule has 2 aliphatic rings. The number of fused-ring (bicyclic) bond motifs is 1. The largest absolute Gasteiger partial charge is 0.325 e. The maximum absolute atomic E-state index is 12.1. The molecule has 4 heteroatoms. The number of pyridine rings is 1. The summed E-state index contributed by atoms with van der Waals surface area (Å²) in [6.07, 6.45) is 1.98. The summed E-state index contributed by atoms with van der Waals surface area (Å²) in [6.45, 7) is 1.91. The fourth-order valence-corrected chi connectivity index (χ4v) is 3.20. The van der Waals surface area contributed by atoms with Gasteiger partial charge in [0, 0.05) is 25.5 Å². The van der Waals surface area contributed by atoms with Crippen LogP contribution in [0.4, 0.5) is 0 Å². The Hall–Kier alpha value is -0.740. The Morgan fingerprint density at radius 1 is 1.44 bits per heavy atom. The maximum atomic E-state index is 12.1. The predicted molar refractivity (Wildman–Crippen MR) is 66.9 cm³/mol. The van der Waals surface area contributed by atoms with E-state index in [1.807, 2.05) is 6.07 Å². The molecular formula is C12H16N2OS. The second-order valence-electron chi connectivity index (χ2n) is 4.37. The van der Waals surface area contributed by atoms with Crippen molar-refractivity contribution in [3.8, 4) is 0 Å². The highest BCUT2D eigenvalue weighted by Crippen LogP contribution is 2.30. The molecule has 0 bridgehead atoms. The third kappa shape index (κ3) is 1.80. The highest BCUT2D eigenvalue weighted by Gasteiger charge is 2.21. The summed E-state index contributed by atoms with van der Waals surface area (Å²) in [4.78, 5) is 14.9. The minimum atomic E-state index is -1.44. The third-order valence-electron chi connectivity index (χ3n) is 3.33. The van der Waals surface area contributed by atoms with Crippen LogP contribution in [0.25, 0.3) is 0 Å². The van der Waals surface area contributed by atoms with E-state index in [0.29, 0.717) is 17.4 Å². The Balaban J connectivity index is 2.01. The van der Waals surface area contributed by atoms with Gasteiger partial charge in [-0.2, -0.15) is 11.8 Å². The molecular weight excluding hydrogens is 220 g/mol. The summed E-state index contributed by atoms with van der Waals surface area (Å²) < 4.78 is 15.7. The van der Waals surface area contributed by atoms with E-state index in [9.17, 15) is 4.79 Å². The number of aromatic amines is 1. The van der Waals surface area contributed by atoms with Crippen LogP contribution in [0, 0.1) is 0 Å². The van der Waals surface area contributed by atoms with Crippen molar-refractivity contribution in [2.45, 2.75) is 30.2 Å². The summed E-state index contributed by atoms with van der Waals surface area (Å²) in [5.41, 5.74) is 0.718. The van der Waals surface area contributed by atoms with Gasteiger partial charge in [-0.3, -0.25) is 4.79 Å². The van der Waals surface area contributed by atoms with Crippen LogP contribution in [0.3, 0.4) is 0 Å². The second-order valence-corrected chi connectivity index (χ2v) is 5.15. The summed E-state index contributed by atoms with van der Waals surface area (Å²) in [5.74, 6) is 0.966. The average Bonchev–Trinajstić information content (AvgIpc) is 2.65. The molecule has 86 valence electrons. The van der Waals surface area contributed by atoms with Gasteiger partial charge in [0.15, 0.2) is 0 Å². The lowest BCUT2D eigenvalue weighted by molar-refractivity contribution is 0.457. The highest BCUT2D eigenvalue weighted by atomic mass is 32.2. The lowest BCUT2D eigenvalue weighted by Gasteiger charge is -2.22. The van der Waals surface area contributed by atoms with Gasteiger partial charge >= 0.3 is 0 Å². The molecule has 2 aliphatic heterocycles. The molecule has 3 rings (SSSR count). The molecule has 1 aromatic rings. The Kier molecular flexibility index (Phi) is 2.23. The Morgan fingerprint density at radius 3 is 3.06 bits per heavy atom. The van der Waals surface area contributed by atoms with Crippen molar-refractivity contribution in [3.63, 3.8) is 0 Å². The normalized spacial score (nSPS) is 26.0. The number of H-pyrrole nitrogens is 1. The fourth-order valence-electron chi connectivity index (χ4n) is 2.42. The van der Waals surface area contributed by atoms with Crippen LogP contribution in [0.2, 0.25) is 0 Å². The first-order valence-corrected chi connectivity index (χ1v) is 6.68. The average molecular weight is 238 g/mol. The molecule has 0 amide bonds. The van der Waals surface area contributed by atoms with Gasteiger partial charge in [-0.15, -0.1) is 0 Å². The van der Waals surface area contributed by atoms with Gasteiger partial charge in [-0.1, -0.05) is 0 Å². The first kappa shape index (κ1) is 8.37. The van der Waals surface area contributed by atoms with Crippen molar-refractivity contribution in [1.82, 2.24) is 10.3 Å². The molecule has 2 N–H and O–H groups in total. The molecule has 0 aliphatic carbocycles. The Bertz CT molecular complexity index is 523. The topological polar surface area (TPSA) is 44.9 Å². The quantitative estimate of drug-likeness (QED) is 0.781. The fraction of sp³-hybridized carbons (Fsp3) is 0.583. The van der Waals surface area contributed by atoms with Crippen molar-refractivity contribution >= 4 is 11.8 Å².